The normalized spacial score (nSPS) is 20.9. The van der Waals surface area contributed by atoms with Gasteiger partial charge in [0, 0.05) is 4.57 Å². The van der Waals surface area contributed by atoms with Crippen molar-refractivity contribution in [3.63, 3.8) is 0 Å². The maximum absolute atomic E-state index is 10.7. The van der Waals surface area contributed by atoms with Gasteiger partial charge < -0.3 is 14.7 Å². The van der Waals surface area contributed by atoms with E-state index in [-0.39, 0.29) is 0 Å². The van der Waals surface area contributed by atoms with Gasteiger partial charge in [-0.25, -0.2) is 13.7 Å². The molecule has 16 heteroatoms. The van der Waals surface area contributed by atoms with Gasteiger partial charge in [0.05, 0.1) is 0 Å². The Morgan fingerprint density at radius 3 is 1.62 bits per heavy atom. The highest BCUT2D eigenvalue weighted by Gasteiger charge is 2.45. The highest BCUT2D eigenvalue weighted by molar-refractivity contribution is 7.68. The summed E-state index contributed by atoms with van der Waals surface area (Å²) in [5, 5.41) is 0. The van der Waals surface area contributed by atoms with Gasteiger partial charge in [-0.15, -0.1) is 4.89 Å². The second-order valence-electron chi connectivity index (χ2n) is 1.91. The van der Waals surface area contributed by atoms with E-state index in [1.165, 1.54) is 0 Å². The molecule has 0 saturated heterocycles. The van der Waals surface area contributed by atoms with Gasteiger partial charge in [-0.3, -0.25) is 4.89 Å². The van der Waals surface area contributed by atoms with E-state index in [9.17, 15) is 18.3 Å². The Kier molecular flexibility index (Phi) is 5.57. The minimum Gasteiger partial charge on any atom is -0.302 e. The molecule has 0 aliphatic heterocycles. The predicted molar refractivity (Wildman–Crippen MR) is 44.8 cm³/mol. The van der Waals surface area contributed by atoms with E-state index in [1.807, 2.05) is 0 Å². The van der Waals surface area contributed by atoms with Crippen LogP contribution >= 0.6 is 31.7 Å². The quantitative estimate of drug-likeness (QED) is 0.410. The Hall–Kier alpha value is 0.470. The lowest BCUT2D eigenvalue weighted by Crippen LogP contribution is -1.93. The van der Waals surface area contributed by atoms with E-state index in [0.29, 0.717) is 0 Å². The second-order valence-corrected chi connectivity index (χ2v) is 7.20. The molecule has 12 nitrogen and oxygen atoms in total. The second kappa shape index (κ2) is 5.41. The largest absolute Gasteiger partial charge is 0.705 e. The topological polar surface area (TPSA) is 197 Å². The summed E-state index contributed by atoms with van der Waals surface area (Å²) in [7, 11) is -20.2. The average Bonchev–Trinajstić information content (AvgIpc) is 1.69. The molecule has 0 heterocycles. The zero-order chi connectivity index (χ0) is 13.2. The van der Waals surface area contributed by atoms with Crippen LogP contribution in [0.3, 0.4) is 0 Å². The molecule has 16 heavy (non-hydrogen) atoms. The van der Waals surface area contributed by atoms with Crippen molar-refractivity contribution >= 4 is 31.7 Å². The first-order chi connectivity index (χ1) is 6.83. The Labute approximate surface area is 88.2 Å². The van der Waals surface area contributed by atoms with Crippen LogP contribution in [0.5, 0.6) is 0 Å². The van der Waals surface area contributed by atoms with Crippen LogP contribution in [0.2, 0.25) is 0 Å². The zero-order valence-electron chi connectivity index (χ0n) is 6.88. The number of hydrogen-bond donors (Lipinski definition) is 5. The first-order valence-corrected chi connectivity index (χ1v) is 8.48. The molecule has 0 aliphatic carbocycles. The minimum absolute atomic E-state index is 3.11. The summed E-state index contributed by atoms with van der Waals surface area (Å²) in [6, 6.07) is 0. The smallest absolute Gasteiger partial charge is 0.302 e. The van der Waals surface area contributed by atoms with Crippen LogP contribution in [0.4, 0.5) is 0 Å². The lowest BCUT2D eigenvalue weighted by atomic mass is 15.7. The number of rotatable bonds is 6. The van der Waals surface area contributed by atoms with E-state index in [4.69, 9.17) is 24.5 Å². The summed E-state index contributed by atoms with van der Waals surface area (Å²) >= 11 is 0. The molecular formula is H5O12P4+. The first-order valence-electron chi connectivity index (χ1n) is 2.83. The maximum atomic E-state index is 10.7. The Morgan fingerprint density at radius 2 is 1.31 bits per heavy atom. The van der Waals surface area contributed by atoms with Crippen molar-refractivity contribution < 1.29 is 55.7 Å². The van der Waals surface area contributed by atoms with Crippen LogP contribution in [0.15, 0.2) is 0 Å². The summed E-state index contributed by atoms with van der Waals surface area (Å²) in [5.74, 6) is 0. The fraction of sp³-hybridized carbons (Fsp3) is 0. The van der Waals surface area contributed by atoms with E-state index in [2.05, 4.69) is 12.9 Å². The monoisotopic (exact) mass is 321 g/mol. The molecule has 0 aromatic rings. The van der Waals surface area contributed by atoms with E-state index in [0.717, 1.165) is 0 Å². The molecule has 0 aromatic carbocycles. The van der Waals surface area contributed by atoms with Crippen molar-refractivity contribution in [2.24, 2.45) is 0 Å². The van der Waals surface area contributed by atoms with E-state index >= 15 is 0 Å². The van der Waals surface area contributed by atoms with Gasteiger partial charge in [-0.05, 0) is 4.31 Å². The molecule has 0 spiro atoms. The molecule has 0 aliphatic rings. The Morgan fingerprint density at radius 1 is 0.875 bits per heavy atom. The standard InChI is InChI=1S/H4O12P4/c1-13(2)10-15(6,7)12-16(8,9)11-14(3,4)5/h(H4-,1,2,3,4,5,6,7,8,9)/p+1. The van der Waals surface area contributed by atoms with Crippen LogP contribution in [0.25, 0.3) is 0 Å². The van der Waals surface area contributed by atoms with Gasteiger partial charge in [0.25, 0.3) is 0 Å². The molecular weight excluding hydrogens is 316 g/mol. The molecule has 0 aromatic heterocycles. The Bertz CT molecular complexity index is 397. The molecule has 0 rings (SSSR count). The molecule has 0 bridgehead atoms. The summed E-state index contributed by atoms with van der Waals surface area (Å²) in [5.41, 5.74) is 0. The number of hydrogen-bond acceptors (Lipinski definition) is 7. The third-order valence-electron chi connectivity index (χ3n) is 0.589. The summed E-state index contributed by atoms with van der Waals surface area (Å²) in [6.07, 6.45) is 0. The molecule has 0 radical (unpaired) electrons. The molecule has 3 unspecified atom stereocenters. The van der Waals surface area contributed by atoms with Gasteiger partial charge in [0.1, 0.15) is 0 Å². The average molecular weight is 321 g/mol. The van der Waals surface area contributed by atoms with Crippen molar-refractivity contribution in [1.29, 1.82) is 0 Å². The van der Waals surface area contributed by atoms with Gasteiger partial charge in [-0.1, -0.05) is 0 Å². The van der Waals surface area contributed by atoms with Crippen LogP contribution in [-0.4, -0.2) is 24.5 Å². The van der Waals surface area contributed by atoms with Crippen LogP contribution in [0.1, 0.15) is 0 Å². The fourth-order valence-electron chi connectivity index (χ4n) is 0.383. The Balaban J connectivity index is 4.71. The van der Waals surface area contributed by atoms with Crippen molar-refractivity contribution in [2.75, 3.05) is 0 Å². The van der Waals surface area contributed by atoms with Gasteiger partial charge in [0.15, 0.2) is 0 Å². The van der Waals surface area contributed by atoms with E-state index < -0.39 is 31.7 Å². The fourth-order valence-corrected chi connectivity index (χ4v) is 3.98. The molecule has 5 N–H and O–H groups in total. The lowest BCUT2D eigenvalue weighted by Gasteiger charge is -2.11. The minimum atomic E-state index is -5.63. The zero-order valence-corrected chi connectivity index (χ0v) is 10.5. The SMILES string of the molecule is O=[P+](O)OP(=O)(O)OP(=O)(O)OP(=O)(O)O. The van der Waals surface area contributed by atoms with Gasteiger partial charge >= 0.3 is 31.7 Å². The van der Waals surface area contributed by atoms with Crippen molar-refractivity contribution in [2.45, 2.75) is 0 Å². The highest BCUT2D eigenvalue weighted by atomic mass is 31.3. The van der Waals surface area contributed by atoms with Crippen LogP contribution < -0.4 is 0 Å². The highest BCUT2D eigenvalue weighted by Crippen LogP contribution is 2.67. The van der Waals surface area contributed by atoms with E-state index in [1.54, 1.807) is 0 Å². The third-order valence-corrected chi connectivity index (χ3v) is 5.30. The van der Waals surface area contributed by atoms with Crippen LogP contribution in [0, 0.1) is 0 Å². The predicted octanol–water partition coefficient (Wildman–Crippen LogP) is -0.0206. The van der Waals surface area contributed by atoms with Gasteiger partial charge in [0.2, 0.25) is 0 Å². The maximum Gasteiger partial charge on any atom is 0.705 e. The summed E-state index contributed by atoms with van der Waals surface area (Å²) in [6.45, 7) is 0. The van der Waals surface area contributed by atoms with Gasteiger partial charge in [-0.2, -0.15) is 8.62 Å². The summed E-state index contributed by atoms with van der Waals surface area (Å²) in [4.78, 5) is 41.3. The molecule has 0 fully saturated rings. The van der Waals surface area contributed by atoms with Crippen molar-refractivity contribution in [3.8, 4) is 0 Å². The van der Waals surface area contributed by atoms with Crippen LogP contribution in [-0.2, 0) is 31.2 Å². The first kappa shape index (κ1) is 16.5. The van der Waals surface area contributed by atoms with Crippen molar-refractivity contribution in [1.82, 2.24) is 0 Å². The summed E-state index contributed by atoms with van der Waals surface area (Å²) < 4.78 is 51.0. The lowest BCUT2D eigenvalue weighted by molar-refractivity contribution is 0.206. The molecule has 96 valence electrons. The third kappa shape index (κ3) is 8.60. The van der Waals surface area contributed by atoms with Crippen molar-refractivity contribution in [3.05, 3.63) is 0 Å². The molecule has 0 saturated carbocycles. The molecule has 0 amide bonds. The number of phosphoric acid groups is 3. The molecule has 3 atom stereocenters.